The second kappa shape index (κ2) is 5.41. The molecule has 0 unspecified atom stereocenters. The number of carboxylic acids is 1. The molecule has 1 amide bonds. The van der Waals surface area contributed by atoms with Crippen LogP contribution in [0.2, 0.25) is 0 Å². The van der Waals surface area contributed by atoms with E-state index in [2.05, 4.69) is 5.32 Å². The van der Waals surface area contributed by atoms with E-state index >= 15 is 0 Å². The molecule has 1 rings (SSSR count). The highest BCUT2D eigenvalue weighted by atomic mass is 32.2. The van der Waals surface area contributed by atoms with Gasteiger partial charge in [-0.3, -0.25) is 4.79 Å². The Hall–Kier alpha value is -1.49. The number of rotatable bonds is 4. The highest BCUT2D eigenvalue weighted by Gasteiger charge is 2.03. The van der Waals surface area contributed by atoms with E-state index in [-0.39, 0.29) is 11.5 Å². The average Bonchev–Trinajstić information content (AvgIpc) is 2.18. The Labute approximate surface area is 91.7 Å². The highest BCUT2D eigenvalue weighted by Crippen LogP contribution is 2.09. The van der Waals surface area contributed by atoms with Crippen molar-refractivity contribution in [3.63, 3.8) is 0 Å². The fourth-order valence-electron chi connectivity index (χ4n) is 1.02. The van der Waals surface area contributed by atoms with Crippen molar-refractivity contribution in [3.05, 3.63) is 29.8 Å². The average molecular weight is 225 g/mol. The molecular weight excluding hydrogens is 214 g/mol. The first-order valence-electron chi connectivity index (χ1n) is 4.25. The fourth-order valence-corrected chi connectivity index (χ4v) is 1.36. The third-order valence-corrected chi connectivity index (χ3v) is 2.24. The number of anilines is 1. The lowest BCUT2D eigenvalue weighted by Gasteiger charge is -2.03. The van der Waals surface area contributed by atoms with Gasteiger partial charge in [-0.2, -0.15) is 11.8 Å². The molecule has 0 radical (unpaired) electrons. The second-order valence-electron chi connectivity index (χ2n) is 2.86. The molecule has 15 heavy (non-hydrogen) atoms. The maximum absolute atomic E-state index is 11.2. The van der Waals surface area contributed by atoms with Gasteiger partial charge in [0.1, 0.15) is 0 Å². The zero-order valence-corrected chi connectivity index (χ0v) is 9.00. The number of benzene rings is 1. The number of carboxylic acid groups (broad SMARTS) is 1. The monoisotopic (exact) mass is 225 g/mol. The number of hydrogen-bond acceptors (Lipinski definition) is 3. The molecule has 1 aromatic carbocycles. The molecule has 0 saturated carbocycles. The fraction of sp³-hybridized carbons (Fsp3) is 0.200. The molecule has 5 heteroatoms. The van der Waals surface area contributed by atoms with Gasteiger partial charge in [0.2, 0.25) is 5.91 Å². The standard InChI is InChI=1S/C10H11NO3S/c1-15-6-9(12)11-8-4-2-7(3-5-8)10(13)14/h2-5H,6H2,1H3,(H,11,12)(H,13,14). The van der Waals surface area contributed by atoms with E-state index < -0.39 is 5.97 Å². The van der Waals surface area contributed by atoms with Crippen molar-refractivity contribution in [3.8, 4) is 0 Å². The molecule has 0 spiro atoms. The molecule has 2 N–H and O–H groups in total. The molecule has 1 aromatic rings. The number of amides is 1. The summed E-state index contributed by atoms with van der Waals surface area (Å²) in [6, 6.07) is 6.05. The lowest BCUT2D eigenvalue weighted by atomic mass is 10.2. The van der Waals surface area contributed by atoms with E-state index in [9.17, 15) is 9.59 Å². The predicted octanol–water partition coefficient (Wildman–Crippen LogP) is 1.69. The SMILES string of the molecule is CSCC(=O)Nc1ccc(C(=O)O)cc1. The third kappa shape index (κ3) is 3.63. The van der Waals surface area contributed by atoms with Gasteiger partial charge in [-0.25, -0.2) is 4.79 Å². The summed E-state index contributed by atoms with van der Waals surface area (Å²) in [5.41, 5.74) is 0.817. The van der Waals surface area contributed by atoms with Gasteiger partial charge in [-0.1, -0.05) is 0 Å². The Kier molecular flexibility index (Phi) is 4.17. The maximum Gasteiger partial charge on any atom is 0.335 e. The first-order chi connectivity index (χ1) is 7.13. The van der Waals surface area contributed by atoms with Gasteiger partial charge in [0.15, 0.2) is 0 Å². The van der Waals surface area contributed by atoms with E-state index in [0.717, 1.165) is 0 Å². The molecule has 0 aliphatic heterocycles. The molecular formula is C10H11NO3S. The van der Waals surface area contributed by atoms with Crippen LogP contribution in [-0.2, 0) is 4.79 Å². The lowest BCUT2D eigenvalue weighted by molar-refractivity contribution is -0.113. The van der Waals surface area contributed by atoms with E-state index in [1.807, 2.05) is 6.26 Å². The number of nitrogens with one attached hydrogen (secondary N) is 1. The number of carbonyl (C=O) groups excluding carboxylic acids is 1. The predicted molar refractivity (Wildman–Crippen MR) is 60.4 cm³/mol. The highest BCUT2D eigenvalue weighted by molar-refractivity contribution is 7.99. The third-order valence-electron chi connectivity index (χ3n) is 1.69. The van der Waals surface area contributed by atoms with Crippen molar-refractivity contribution < 1.29 is 14.7 Å². The van der Waals surface area contributed by atoms with E-state index in [4.69, 9.17) is 5.11 Å². The van der Waals surface area contributed by atoms with Gasteiger partial charge >= 0.3 is 5.97 Å². The second-order valence-corrected chi connectivity index (χ2v) is 3.73. The van der Waals surface area contributed by atoms with Crippen LogP contribution in [-0.4, -0.2) is 29.0 Å². The zero-order valence-electron chi connectivity index (χ0n) is 8.19. The molecule has 80 valence electrons. The van der Waals surface area contributed by atoms with Crippen LogP contribution >= 0.6 is 11.8 Å². The van der Waals surface area contributed by atoms with Gasteiger partial charge in [0.25, 0.3) is 0 Å². The van der Waals surface area contributed by atoms with E-state index in [0.29, 0.717) is 11.4 Å². The van der Waals surface area contributed by atoms with Crippen LogP contribution in [0.4, 0.5) is 5.69 Å². The molecule has 0 bridgehead atoms. The van der Waals surface area contributed by atoms with E-state index in [1.165, 1.54) is 23.9 Å². The summed E-state index contributed by atoms with van der Waals surface area (Å²) in [7, 11) is 0. The summed E-state index contributed by atoms with van der Waals surface area (Å²) < 4.78 is 0. The Morgan fingerprint density at radius 3 is 2.40 bits per heavy atom. The Balaban J connectivity index is 2.64. The van der Waals surface area contributed by atoms with Crippen molar-refractivity contribution in [1.82, 2.24) is 0 Å². The van der Waals surface area contributed by atoms with E-state index in [1.54, 1.807) is 12.1 Å². The molecule has 0 aliphatic carbocycles. The number of hydrogen-bond donors (Lipinski definition) is 2. The Bertz CT molecular complexity index is 361. The topological polar surface area (TPSA) is 66.4 Å². The summed E-state index contributed by atoms with van der Waals surface area (Å²) in [6.45, 7) is 0. The van der Waals surface area contributed by atoms with Crippen LogP contribution in [0, 0.1) is 0 Å². The van der Waals surface area contributed by atoms with Crippen molar-refractivity contribution in [2.24, 2.45) is 0 Å². The van der Waals surface area contributed by atoms with Crippen molar-refractivity contribution in [2.75, 3.05) is 17.3 Å². The maximum atomic E-state index is 11.2. The van der Waals surface area contributed by atoms with Crippen LogP contribution in [0.1, 0.15) is 10.4 Å². The smallest absolute Gasteiger partial charge is 0.335 e. The minimum absolute atomic E-state index is 0.0921. The molecule has 0 saturated heterocycles. The first kappa shape index (κ1) is 11.6. The summed E-state index contributed by atoms with van der Waals surface area (Å²) in [6.07, 6.45) is 1.84. The Morgan fingerprint density at radius 1 is 1.33 bits per heavy atom. The number of aromatic carboxylic acids is 1. The molecule has 0 fully saturated rings. The minimum atomic E-state index is -0.975. The molecule has 0 aromatic heterocycles. The normalized spacial score (nSPS) is 9.67. The van der Waals surface area contributed by atoms with Gasteiger partial charge < -0.3 is 10.4 Å². The summed E-state index contributed by atoms with van der Waals surface area (Å²) in [5.74, 6) is -0.678. The van der Waals surface area contributed by atoms with Gasteiger partial charge in [0.05, 0.1) is 11.3 Å². The zero-order chi connectivity index (χ0) is 11.3. The Morgan fingerprint density at radius 2 is 1.93 bits per heavy atom. The molecule has 0 aliphatic rings. The van der Waals surface area contributed by atoms with Crippen molar-refractivity contribution in [2.45, 2.75) is 0 Å². The van der Waals surface area contributed by atoms with Crippen molar-refractivity contribution in [1.29, 1.82) is 0 Å². The summed E-state index contributed by atoms with van der Waals surface area (Å²) in [4.78, 5) is 21.7. The number of carbonyl (C=O) groups is 2. The van der Waals surface area contributed by atoms with Gasteiger partial charge in [-0.05, 0) is 30.5 Å². The number of thioether (sulfide) groups is 1. The van der Waals surface area contributed by atoms with Crippen LogP contribution in [0.25, 0.3) is 0 Å². The summed E-state index contributed by atoms with van der Waals surface area (Å²) >= 11 is 1.43. The van der Waals surface area contributed by atoms with Crippen LogP contribution in [0.5, 0.6) is 0 Å². The quantitative estimate of drug-likeness (QED) is 0.818. The first-order valence-corrected chi connectivity index (χ1v) is 5.65. The van der Waals surface area contributed by atoms with Crippen molar-refractivity contribution >= 4 is 29.3 Å². The molecule has 0 heterocycles. The summed E-state index contributed by atoms with van der Waals surface area (Å²) in [5, 5.41) is 11.3. The van der Waals surface area contributed by atoms with Crippen LogP contribution < -0.4 is 5.32 Å². The molecule has 0 atom stereocenters. The largest absolute Gasteiger partial charge is 0.478 e. The minimum Gasteiger partial charge on any atom is -0.478 e. The lowest BCUT2D eigenvalue weighted by Crippen LogP contribution is -2.13. The van der Waals surface area contributed by atoms with Gasteiger partial charge in [0, 0.05) is 5.69 Å². The van der Waals surface area contributed by atoms with Crippen LogP contribution in [0.15, 0.2) is 24.3 Å². The van der Waals surface area contributed by atoms with Gasteiger partial charge in [-0.15, -0.1) is 0 Å². The molecule has 4 nitrogen and oxygen atoms in total. The van der Waals surface area contributed by atoms with Crippen LogP contribution in [0.3, 0.4) is 0 Å².